The van der Waals surface area contributed by atoms with Crippen molar-refractivity contribution in [3.63, 3.8) is 0 Å². The van der Waals surface area contributed by atoms with Crippen LogP contribution in [0.5, 0.6) is 0 Å². The van der Waals surface area contributed by atoms with Crippen molar-refractivity contribution in [3.8, 4) is 0 Å². The van der Waals surface area contributed by atoms with Crippen LogP contribution in [0.15, 0.2) is 23.1 Å². The van der Waals surface area contributed by atoms with E-state index in [1.54, 1.807) is 12.1 Å². The van der Waals surface area contributed by atoms with Gasteiger partial charge in [0.2, 0.25) is 10.0 Å². The van der Waals surface area contributed by atoms with Crippen LogP contribution in [0.25, 0.3) is 11.0 Å². The number of fused-ring (bicyclic) bond motifs is 1. The van der Waals surface area contributed by atoms with Gasteiger partial charge in [-0.25, -0.2) is 17.7 Å². The Balaban J connectivity index is 1.84. The molecule has 0 amide bonds. The quantitative estimate of drug-likeness (QED) is 0.721. The molecule has 0 aliphatic carbocycles. The maximum atomic E-state index is 12.4. The molecule has 1 aromatic heterocycles. The first kappa shape index (κ1) is 20.3. The van der Waals surface area contributed by atoms with E-state index in [4.69, 9.17) is 9.72 Å². The number of rotatable bonds is 7. The second-order valence-electron chi connectivity index (χ2n) is 7.40. The first-order valence-electron chi connectivity index (χ1n) is 9.54. The topological polar surface area (TPSA) is 67.7 Å². The third-order valence-corrected chi connectivity index (χ3v) is 6.91. The van der Waals surface area contributed by atoms with Gasteiger partial charge in [-0.3, -0.25) is 4.90 Å². The maximum absolute atomic E-state index is 12.4. The van der Waals surface area contributed by atoms with Crippen LogP contribution in [0.3, 0.4) is 0 Å². The molecule has 0 spiro atoms. The maximum Gasteiger partial charge on any atom is 0.242 e. The average Bonchev–Trinajstić information content (AvgIpc) is 2.98. The molecule has 1 aromatic carbocycles. The van der Waals surface area contributed by atoms with Crippen molar-refractivity contribution < 1.29 is 13.2 Å². The summed E-state index contributed by atoms with van der Waals surface area (Å²) < 4.78 is 34.0. The lowest BCUT2D eigenvalue weighted by Crippen LogP contribution is -2.33. The van der Waals surface area contributed by atoms with Crippen LogP contribution in [0.1, 0.15) is 32.0 Å². The van der Waals surface area contributed by atoms with E-state index < -0.39 is 10.0 Å². The van der Waals surface area contributed by atoms with E-state index in [0.29, 0.717) is 12.6 Å². The predicted molar refractivity (Wildman–Crippen MR) is 106 cm³/mol. The Hall–Kier alpha value is -1.48. The summed E-state index contributed by atoms with van der Waals surface area (Å²) in [6.45, 7) is 5.32. The summed E-state index contributed by atoms with van der Waals surface area (Å²) in [5, 5.41) is 0. The van der Waals surface area contributed by atoms with Crippen molar-refractivity contribution in [1.29, 1.82) is 0 Å². The fourth-order valence-electron chi connectivity index (χ4n) is 3.61. The van der Waals surface area contributed by atoms with Gasteiger partial charge in [-0.1, -0.05) is 0 Å². The lowest BCUT2D eigenvalue weighted by atomic mass is 10.1. The molecule has 3 rings (SSSR count). The Bertz CT molecular complexity index is 886. The molecular formula is C19H30N4O3S. The summed E-state index contributed by atoms with van der Waals surface area (Å²) in [5.41, 5.74) is 1.68. The number of hydrogen-bond acceptors (Lipinski definition) is 5. The third kappa shape index (κ3) is 4.34. The van der Waals surface area contributed by atoms with E-state index in [0.717, 1.165) is 49.4 Å². The van der Waals surface area contributed by atoms with Gasteiger partial charge in [-0.15, -0.1) is 0 Å². The third-order valence-electron chi connectivity index (χ3n) is 5.09. The summed E-state index contributed by atoms with van der Waals surface area (Å²) in [6, 6.07) is 5.19. The number of ether oxygens (including phenoxy) is 1. The molecule has 27 heavy (non-hydrogen) atoms. The molecule has 7 nitrogen and oxygen atoms in total. The minimum atomic E-state index is -3.46. The highest BCUT2D eigenvalue weighted by atomic mass is 32.2. The van der Waals surface area contributed by atoms with Crippen LogP contribution < -0.4 is 0 Å². The molecule has 0 N–H and O–H groups in total. The van der Waals surface area contributed by atoms with Crippen LogP contribution in [0, 0.1) is 0 Å². The molecule has 1 aliphatic rings. The van der Waals surface area contributed by atoms with Gasteiger partial charge in [0, 0.05) is 33.8 Å². The smallest absolute Gasteiger partial charge is 0.242 e. The Morgan fingerprint density at radius 3 is 2.67 bits per heavy atom. The van der Waals surface area contributed by atoms with E-state index in [-0.39, 0.29) is 4.90 Å². The monoisotopic (exact) mass is 394 g/mol. The Kier molecular flexibility index (Phi) is 6.20. The zero-order chi connectivity index (χ0) is 19.6. The molecule has 1 atom stereocenters. The standard InChI is InChI=1S/C19H30N4O3S/c1-5-23-18-10-9-16(27(24,25)21(2)3)12-17(18)20-19(23)14-22(4)13-15-8-6-7-11-26-15/h9-10,12,15H,5-8,11,13-14H2,1-4H3. The van der Waals surface area contributed by atoms with Gasteiger partial charge < -0.3 is 9.30 Å². The van der Waals surface area contributed by atoms with Crippen molar-refractivity contribution in [3.05, 3.63) is 24.0 Å². The molecule has 0 bridgehead atoms. The van der Waals surface area contributed by atoms with E-state index in [2.05, 4.69) is 23.4 Å². The number of aryl methyl sites for hydroxylation is 1. The number of nitrogens with zero attached hydrogens (tertiary/aromatic N) is 4. The number of aromatic nitrogens is 2. The fraction of sp³-hybridized carbons (Fsp3) is 0.632. The number of benzene rings is 1. The zero-order valence-corrected chi connectivity index (χ0v) is 17.5. The first-order chi connectivity index (χ1) is 12.8. The molecular weight excluding hydrogens is 364 g/mol. The molecule has 1 unspecified atom stereocenters. The largest absolute Gasteiger partial charge is 0.377 e. The average molecular weight is 395 g/mol. The highest BCUT2D eigenvalue weighted by Crippen LogP contribution is 2.23. The van der Waals surface area contributed by atoms with Crippen molar-refractivity contribution in [2.24, 2.45) is 0 Å². The molecule has 8 heteroatoms. The van der Waals surface area contributed by atoms with E-state index >= 15 is 0 Å². The van der Waals surface area contributed by atoms with Gasteiger partial charge >= 0.3 is 0 Å². The minimum absolute atomic E-state index is 0.274. The van der Waals surface area contributed by atoms with Crippen molar-refractivity contribution in [2.45, 2.75) is 50.3 Å². The molecule has 1 saturated heterocycles. The van der Waals surface area contributed by atoms with Crippen molar-refractivity contribution in [2.75, 3.05) is 34.3 Å². The van der Waals surface area contributed by atoms with Crippen LogP contribution in [-0.2, 0) is 27.8 Å². The van der Waals surface area contributed by atoms with Gasteiger partial charge in [0.15, 0.2) is 0 Å². The fourth-order valence-corrected chi connectivity index (χ4v) is 4.53. The van der Waals surface area contributed by atoms with Crippen LogP contribution in [0.4, 0.5) is 0 Å². The van der Waals surface area contributed by atoms with Crippen LogP contribution in [-0.4, -0.2) is 67.6 Å². The minimum Gasteiger partial charge on any atom is -0.377 e. The predicted octanol–water partition coefficient (Wildman–Crippen LogP) is 2.31. The second kappa shape index (κ2) is 8.26. The van der Waals surface area contributed by atoms with Crippen molar-refractivity contribution in [1.82, 2.24) is 18.8 Å². The molecule has 0 saturated carbocycles. The molecule has 1 aliphatic heterocycles. The van der Waals surface area contributed by atoms with Crippen LogP contribution in [0.2, 0.25) is 0 Å². The Labute approximate surface area is 162 Å². The van der Waals surface area contributed by atoms with E-state index in [1.165, 1.54) is 24.8 Å². The number of sulfonamides is 1. The Morgan fingerprint density at radius 1 is 1.26 bits per heavy atom. The molecule has 2 heterocycles. The van der Waals surface area contributed by atoms with Crippen molar-refractivity contribution >= 4 is 21.1 Å². The summed E-state index contributed by atoms with van der Waals surface area (Å²) in [7, 11) is 1.70. The summed E-state index contributed by atoms with van der Waals surface area (Å²) in [4.78, 5) is 7.26. The van der Waals surface area contributed by atoms with Gasteiger partial charge in [-0.2, -0.15) is 0 Å². The lowest BCUT2D eigenvalue weighted by Gasteiger charge is -2.27. The SMILES string of the molecule is CCn1c(CN(C)CC2CCCCO2)nc2cc(S(=O)(=O)N(C)C)ccc21. The molecule has 150 valence electrons. The number of hydrogen-bond donors (Lipinski definition) is 0. The van der Waals surface area contributed by atoms with Gasteiger partial charge in [-0.05, 0) is 51.4 Å². The van der Waals surface area contributed by atoms with Gasteiger partial charge in [0.05, 0.1) is 28.6 Å². The Morgan fingerprint density at radius 2 is 2.04 bits per heavy atom. The molecule has 2 aromatic rings. The lowest BCUT2D eigenvalue weighted by molar-refractivity contribution is -0.00302. The summed E-state index contributed by atoms with van der Waals surface area (Å²) in [6.07, 6.45) is 3.79. The van der Waals surface area contributed by atoms with Gasteiger partial charge in [0.1, 0.15) is 5.82 Å². The first-order valence-corrected chi connectivity index (χ1v) is 11.0. The van der Waals surface area contributed by atoms with Gasteiger partial charge in [0.25, 0.3) is 0 Å². The zero-order valence-electron chi connectivity index (χ0n) is 16.7. The normalized spacial score (nSPS) is 18.7. The number of likely N-dealkylation sites (N-methyl/N-ethyl adjacent to an activating group) is 1. The highest BCUT2D eigenvalue weighted by Gasteiger charge is 2.21. The summed E-state index contributed by atoms with van der Waals surface area (Å²) >= 11 is 0. The van der Waals surface area contributed by atoms with E-state index in [1.807, 2.05) is 6.07 Å². The molecule has 1 fully saturated rings. The number of imidazole rings is 1. The second-order valence-corrected chi connectivity index (χ2v) is 9.55. The van der Waals surface area contributed by atoms with Crippen LogP contribution >= 0.6 is 0 Å². The molecule has 0 radical (unpaired) electrons. The van der Waals surface area contributed by atoms with E-state index in [9.17, 15) is 8.42 Å². The highest BCUT2D eigenvalue weighted by molar-refractivity contribution is 7.89. The summed E-state index contributed by atoms with van der Waals surface area (Å²) in [5.74, 6) is 0.949.